The highest BCUT2D eigenvalue weighted by molar-refractivity contribution is 6.00. The summed E-state index contributed by atoms with van der Waals surface area (Å²) in [5, 5.41) is 0. The second kappa shape index (κ2) is 6.62. The van der Waals surface area contributed by atoms with Gasteiger partial charge in [-0.05, 0) is 5.56 Å². The molecule has 0 amide bonds. The van der Waals surface area contributed by atoms with Gasteiger partial charge in [0.05, 0.1) is 20.6 Å². The SMILES string of the molecule is Cn1c(=O)c(C(=O)C[NH+](C)C)c(N)n(Cc2ccccc2)c1=O. The minimum Gasteiger partial charge on any atom is -0.384 e. The van der Waals surface area contributed by atoms with E-state index in [4.69, 9.17) is 5.73 Å². The van der Waals surface area contributed by atoms with Gasteiger partial charge >= 0.3 is 5.69 Å². The molecule has 0 radical (unpaired) electrons. The molecule has 0 spiro atoms. The molecular weight excluding hydrogens is 296 g/mol. The van der Waals surface area contributed by atoms with E-state index in [0.717, 1.165) is 15.0 Å². The summed E-state index contributed by atoms with van der Waals surface area (Å²) in [4.78, 5) is 37.8. The third-order valence-electron chi connectivity index (χ3n) is 3.56. The number of nitrogens with two attached hydrogens (primary N) is 1. The minimum absolute atomic E-state index is 0.0757. The lowest BCUT2D eigenvalue weighted by Gasteiger charge is -2.15. The van der Waals surface area contributed by atoms with Gasteiger partial charge < -0.3 is 10.6 Å². The van der Waals surface area contributed by atoms with Gasteiger partial charge in [0.2, 0.25) is 5.78 Å². The van der Waals surface area contributed by atoms with E-state index >= 15 is 0 Å². The molecule has 0 saturated heterocycles. The maximum Gasteiger partial charge on any atom is 0.332 e. The number of likely N-dealkylation sites (N-methyl/N-ethyl adjacent to an activating group) is 1. The van der Waals surface area contributed by atoms with E-state index in [9.17, 15) is 14.4 Å². The van der Waals surface area contributed by atoms with Crippen molar-refractivity contribution in [3.63, 3.8) is 0 Å². The summed E-state index contributed by atoms with van der Waals surface area (Å²) in [5.41, 5.74) is 5.55. The van der Waals surface area contributed by atoms with E-state index in [0.29, 0.717) is 0 Å². The van der Waals surface area contributed by atoms with Gasteiger partial charge in [0.25, 0.3) is 5.56 Å². The molecule has 7 heteroatoms. The summed E-state index contributed by atoms with van der Waals surface area (Å²) in [5.74, 6) is -0.446. The largest absolute Gasteiger partial charge is 0.384 e. The van der Waals surface area contributed by atoms with Gasteiger partial charge in [0.1, 0.15) is 17.9 Å². The van der Waals surface area contributed by atoms with Crippen LogP contribution in [0.15, 0.2) is 39.9 Å². The summed E-state index contributed by atoms with van der Waals surface area (Å²) in [7, 11) is 4.96. The van der Waals surface area contributed by atoms with Crippen LogP contribution in [0, 0.1) is 0 Å². The first-order valence-corrected chi connectivity index (χ1v) is 7.28. The zero-order valence-corrected chi connectivity index (χ0v) is 13.5. The van der Waals surface area contributed by atoms with Crippen LogP contribution in [0.5, 0.6) is 0 Å². The minimum atomic E-state index is -0.650. The van der Waals surface area contributed by atoms with Crippen LogP contribution in [-0.4, -0.2) is 35.6 Å². The van der Waals surface area contributed by atoms with Crippen LogP contribution >= 0.6 is 0 Å². The van der Waals surface area contributed by atoms with Crippen molar-refractivity contribution >= 4 is 11.6 Å². The van der Waals surface area contributed by atoms with E-state index < -0.39 is 11.2 Å². The monoisotopic (exact) mass is 317 g/mol. The molecule has 23 heavy (non-hydrogen) atoms. The Labute approximate surface area is 133 Å². The number of anilines is 1. The molecule has 0 aliphatic heterocycles. The normalized spacial score (nSPS) is 11.0. The molecule has 1 aromatic carbocycles. The summed E-state index contributed by atoms with van der Waals surface area (Å²) >= 11 is 0. The van der Waals surface area contributed by atoms with Crippen molar-refractivity contribution in [2.24, 2.45) is 7.05 Å². The lowest BCUT2D eigenvalue weighted by molar-refractivity contribution is -0.848. The third-order valence-corrected chi connectivity index (χ3v) is 3.56. The second-order valence-corrected chi connectivity index (χ2v) is 5.79. The van der Waals surface area contributed by atoms with Gasteiger partial charge in [-0.15, -0.1) is 0 Å². The third kappa shape index (κ3) is 3.40. The molecule has 0 fully saturated rings. The van der Waals surface area contributed by atoms with Crippen LogP contribution < -0.4 is 21.9 Å². The molecule has 0 saturated carbocycles. The first-order chi connectivity index (χ1) is 10.8. The molecule has 1 aromatic heterocycles. The molecule has 0 aliphatic carbocycles. The molecule has 0 unspecified atom stereocenters. The average Bonchev–Trinajstić information content (AvgIpc) is 2.50. The Morgan fingerprint density at radius 1 is 1.17 bits per heavy atom. The van der Waals surface area contributed by atoms with Crippen molar-refractivity contribution in [2.45, 2.75) is 6.54 Å². The first-order valence-electron chi connectivity index (χ1n) is 7.28. The summed E-state index contributed by atoms with van der Waals surface area (Å²) in [6, 6.07) is 9.26. The van der Waals surface area contributed by atoms with Crippen LogP contribution in [-0.2, 0) is 13.6 Å². The molecule has 2 aromatic rings. The maximum absolute atomic E-state index is 12.3. The van der Waals surface area contributed by atoms with Crippen LogP contribution in [0.4, 0.5) is 5.82 Å². The molecule has 7 nitrogen and oxygen atoms in total. The Morgan fingerprint density at radius 3 is 2.35 bits per heavy atom. The number of nitrogens with zero attached hydrogens (tertiary/aromatic N) is 2. The molecule has 122 valence electrons. The summed E-state index contributed by atoms with van der Waals surface area (Å²) < 4.78 is 2.19. The number of quaternary nitrogens is 1. The lowest BCUT2D eigenvalue weighted by Crippen LogP contribution is -3.06. The van der Waals surface area contributed by atoms with Crippen molar-refractivity contribution in [1.29, 1.82) is 0 Å². The first kappa shape index (κ1) is 16.7. The zero-order valence-electron chi connectivity index (χ0n) is 13.5. The number of carbonyl (C=O) groups excluding carboxylic acids is 1. The second-order valence-electron chi connectivity index (χ2n) is 5.79. The number of rotatable bonds is 5. The van der Waals surface area contributed by atoms with E-state index in [-0.39, 0.29) is 30.3 Å². The van der Waals surface area contributed by atoms with E-state index in [1.54, 1.807) is 14.1 Å². The average molecular weight is 317 g/mol. The van der Waals surface area contributed by atoms with Crippen LogP contribution in [0.25, 0.3) is 0 Å². The van der Waals surface area contributed by atoms with Gasteiger partial charge in [-0.2, -0.15) is 0 Å². The fraction of sp³-hybridized carbons (Fsp3) is 0.312. The number of carbonyl (C=O) groups is 1. The number of hydrogen-bond acceptors (Lipinski definition) is 4. The molecule has 0 bridgehead atoms. The Bertz CT molecular complexity index is 835. The van der Waals surface area contributed by atoms with E-state index in [2.05, 4.69) is 0 Å². The van der Waals surface area contributed by atoms with Crippen LogP contribution in [0.1, 0.15) is 15.9 Å². The topological polar surface area (TPSA) is 91.5 Å². The van der Waals surface area contributed by atoms with Gasteiger partial charge in [-0.25, -0.2) is 4.79 Å². The van der Waals surface area contributed by atoms with E-state index in [1.165, 1.54) is 11.6 Å². The lowest BCUT2D eigenvalue weighted by atomic mass is 10.1. The van der Waals surface area contributed by atoms with E-state index in [1.807, 2.05) is 30.3 Å². The predicted octanol–water partition coefficient (Wildman–Crippen LogP) is -1.50. The van der Waals surface area contributed by atoms with Gasteiger partial charge in [-0.3, -0.25) is 18.7 Å². The number of nitrogen functional groups attached to an aromatic ring is 1. The number of benzene rings is 1. The van der Waals surface area contributed by atoms with Crippen molar-refractivity contribution in [3.8, 4) is 0 Å². The smallest absolute Gasteiger partial charge is 0.332 e. The fourth-order valence-corrected chi connectivity index (χ4v) is 2.37. The molecule has 0 atom stereocenters. The molecule has 0 aliphatic rings. The van der Waals surface area contributed by atoms with Gasteiger partial charge in [0.15, 0.2) is 0 Å². The number of Topliss-reactive ketones (excluding diaryl/α,β-unsaturated/α-hetero) is 1. The quantitative estimate of drug-likeness (QED) is 0.657. The summed E-state index contributed by atoms with van der Waals surface area (Å²) in [6.07, 6.45) is 0. The van der Waals surface area contributed by atoms with Crippen molar-refractivity contribution < 1.29 is 9.69 Å². The van der Waals surface area contributed by atoms with Crippen molar-refractivity contribution in [3.05, 3.63) is 62.3 Å². The number of aromatic nitrogens is 2. The highest BCUT2D eigenvalue weighted by atomic mass is 16.2. The number of ketones is 1. The molecule has 3 N–H and O–H groups in total. The van der Waals surface area contributed by atoms with Gasteiger partial charge in [-0.1, -0.05) is 30.3 Å². The van der Waals surface area contributed by atoms with Crippen LogP contribution in [0.3, 0.4) is 0 Å². The zero-order chi connectivity index (χ0) is 17.1. The highest BCUT2D eigenvalue weighted by Crippen LogP contribution is 2.08. The Morgan fingerprint density at radius 2 is 1.78 bits per heavy atom. The molecule has 2 rings (SSSR count). The standard InChI is InChI=1S/C16H20N4O3/c1-18(2)10-12(21)13-14(17)20(16(23)19(3)15(13)22)9-11-7-5-4-6-8-11/h4-8H,9-10,17H2,1-3H3/p+1. The van der Waals surface area contributed by atoms with Gasteiger partial charge in [0, 0.05) is 7.05 Å². The molecular formula is C16H21N4O3+. The number of nitrogens with one attached hydrogen (secondary N) is 1. The highest BCUT2D eigenvalue weighted by Gasteiger charge is 2.23. The number of hydrogen-bond donors (Lipinski definition) is 2. The Kier molecular flexibility index (Phi) is 4.80. The maximum atomic E-state index is 12.3. The Balaban J connectivity index is 2.60. The Hall–Kier alpha value is -2.67. The predicted molar refractivity (Wildman–Crippen MR) is 87.9 cm³/mol. The van der Waals surface area contributed by atoms with Crippen molar-refractivity contribution in [2.75, 3.05) is 26.4 Å². The van der Waals surface area contributed by atoms with Crippen molar-refractivity contribution in [1.82, 2.24) is 9.13 Å². The fourth-order valence-electron chi connectivity index (χ4n) is 2.37. The summed E-state index contributed by atoms with van der Waals surface area (Å²) in [6.45, 7) is 0.331. The molecule has 1 heterocycles. The van der Waals surface area contributed by atoms with Crippen LogP contribution in [0.2, 0.25) is 0 Å².